The van der Waals surface area contributed by atoms with Gasteiger partial charge in [-0.1, -0.05) is 0 Å². The van der Waals surface area contributed by atoms with Crippen LogP contribution in [0.2, 0.25) is 0 Å². The van der Waals surface area contributed by atoms with Crippen LogP contribution in [-0.2, 0) is 9.53 Å². The largest absolute Gasteiger partial charge is 0.372 e. The molecule has 0 spiro atoms. The number of morpholine rings is 1. The Morgan fingerprint density at radius 3 is 2.38 bits per heavy atom. The van der Waals surface area contributed by atoms with Gasteiger partial charge in [0.05, 0.1) is 17.1 Å². The second-order valence-corrected chi connectivity index (χ2v) is 5.18. The molecule has 1 aromatic carbocycles. The minimum absolute atomic E-state index is 0.0328. The van der Waals surface area contributed by atoms with E-state index < -0.39 is 4.92 Å². The van der Waals surface area contributed by atoms with E-state index in [0.29, 0.717) is 13.1 Å². The van der Waals surface area contributed by atoms with Gasteiger partial charge in [-0.15, -0.1) is 0 Å². The lowest BCUT2D eigenvalue weighted by molar-refractivity contribution is -0.384. The molecule has 0 saturated carbocycles. The van der Waals surface area contributed by atoms with Gasteiger partial charge in [-0.05, 0) is 37.6 Å². The highest BCUT2D eigenvalue weighted by Gasteiger charge is 2.24. The average Bonchev–Trinajstić information content (AvgIpc) is 2.44. The van der Waals surface area contributed by atoms with Gasteiger partial charge >= 0.3 is 0 Å². The van der Waals surface area contributed by atoms with E-state index in [9.17, 15) is 14.9 Å². The molecule has 0 aromatic heterocycles. The number of hydrogen-bond donors (Lipinski definition) is 0. The van der Waals surface area contributed by atoms with E-state index in [-0.39, 0.29) is 23.8 Å². The van der Waals surface area contributed by atoms with Crippen molar-refractivity contribution in [1.82, 2.24) is 4.90 Å². The highest BCUT2D eigenvalue weighted by atomic mass is 16.6. The molecule has 0 unspecified atom stereocenters. The maximum absolute atomic E-state index is 12.1. The number of non-ortho nitro benzene ring substituents is 1. The van der Waals surface area contributed by atoms with Crippen molar-refractivity contribution in [3.63, 3.8) is 0 Å². The molecule has 2 rings (SSSR count). The van der Waals surface area contributed by atoms with Crippen LogP contribution >= 0.6 is 0 Å². The number of benzene rings is 1. The van der Waals surface area contributed by atoms with Crippen LogP contribution in [0.5, 0.6) is 0 Å². The molecule has 21 heavy (non-hydrogen) atoms. The zero-order valence-electron chi connectivity index (χ0n) is 12.1. The number of hydrogen-bond acceptors (Lipinski definition) is 4. The summed E-state index contributed by atoms with van der Waals surface area (Å²) >= 11 is 0. The van der Waals surface area contributed by atoms with Crippen molar-refractivity contribution < 1.29 is 14.5 Å². The van der Waals surface area contributed by atoms with Crippen molar-refractivity contribution in [1.29, 1.82) is 0 Å². The second-order valence-electron chi connectivity index (χ2n) is 5.18. The van der Waals surface area contributed by atoms with Crippen LogP contribution in [0.4, 0.5) is 5.69 Å². The number of nitrogens with zero attached hydrogens (tertiary/aromatic N) is 2. The average molecular weight is 290 g/mol. The Balaban J connectivity index is 1.99. The Morgan fingerprint density at radius 2 is 1.86 bits per heavy atom. The molecule has 6 nitrogen and oxygen atoms in total. The van der Waals surface area contributed by atoms with Gasteiger partial charge in [0.2, 0.25) is 5.91 Å². The van der Waals surface area contributed by atoms with Crippen LogP contribution in [0.25, 0.3) is 6.08 Å². The van der Waals surface area contributed by atoms with Crippen LogP contribution in [-0.4, -0.2) is 41.0 Å². The SMILES string of the molecule is C[C@@H]1CN(C(=O)/C=C/c2ccc([N+](=O)[O-])cc2)C[C@@H](C)O1. The summed E-state index contributed by atoms with van der Waals surface area (Å²) in [5, 5.41) is 10.6. The number of amides is 1. The van der Waals surface area contributed by atoms with Gasteiger partial charge in [0.15, 0.2) is 0 Å². The van der Waals surface area contributed by atoms with E-state index in [1.54, 1.807) is 23.1 Å². The fourth-order valence-electron chi connectivity index (χ4n) is 2.34. The first-order chi connectivity index (χ1) is 9.95. The molecular weight excluding hydrogens is 272 g/mol. The minimum Gasteiger partial charge on any atom is -0.372 e. The molecule has 0 radical (unpaired) electrons. The number of nitro groups is 1. The van der Waals surface area contributed by atoms with Gasteiger partial charge in [-0.3, -0.25) is 14.9 Å². The highest BCUT2D eigenvalue weighted by Crippen LogP contribution is 2.14. The standard InChI is InChI=1S/C15H18N2O4/c1-11-9-16(10-12(2)21-11)15(18)8-5-13-3-6-14(7-4-13)17(19)20/h3-8,11-12H,9-10H2,1-2H3/b8-5+/t11-,12-/m1/s1. The van der Waals surface area contributed by atoms with Crippen molar-refractivity contribution in [2.75, 3.05) is 13.1 Å². The van der Waals surface area contributed by atoms with Crippen LogP contribution in [0.3, 0.4) is 0 Å². The van der Waals surface area contributed by atoms with Gasteiger partial charge in [0.25, 0.3) is 5.69 Å². The number of rotatable bonds is 3. The predicted octanol–water partition coefficient (Wildman–Crippen LogP) is 2.24. The van der Waals surface area contributed by atoms with Crippen molar-refractivity contribution in [2.24, 2.45) is 0 Å². The summed E-state index contributed by atoms with van der Waals surface area (Å²) in [6.45, 7) is 5.04. The number of ether oxygens (including phenoxy) is 1. The first kappa shape index (κ1) is 15.2. The minimum atomic E-state index is -0.449. The quantitative estimate of drug-likeness (QED) is 0.486. The number of carbonyl (C=O) groups is 1. The molecule has 112 valence electrons. The third kappa shape index (κ3) is 4.13. The summed E-state index contributed by atoms with van der Waals surface area (Å²) in [6.07, 6.45) is 3.22. The summed E-state index contributed by atoms with van der Waals surface area (Å²) < 4.78 is 5.58. The van der Waals surface area contributed by atoms with E-state index in [2.05, 4.69) is 0 Å². The van der Waals surface area contributed by atoms with Crippen molar-refractivity contribution in [3.05, 3.63) is 46.0 Å². The van der Waals surface area contributed by atoms with Gasteiger partial charge < -0.3 is 9.64 Å². The monoisotopic (exact) mass is 290 g/mol. The molecule has 1 fully saturated rings. The zero-order chi connectivity index (χ0) is 15.4. The van der Waals surface area contributed by atoms with E-state index in [1.807, 2.05) is 13.8 Å². The summed E-state index contributed by atoms with van der Waals surface area (Å²) in [5.41, 5.74) is 0.789. The fraction of sp³-hybridized carbons (Fsp3) is 0.400. The van der Waals surface area contributed by atoms with Crippen molar-refractivity contribution >= 4 is 17.7 Å². The van der Waals surface area contributed by atoms with Crippen molar-refractivity contribution in [3.8, 4) is 0 Å². The van der Waals surface area contributed by atoms with Crippen LogP contribution in [0.1, 0.15) is 19.4 Å². The van der Waals surface area contributed by atoms with Crippen molar-refractivity contribution in [2.45, 2.75) is 26.1 Å². The van der Waals surface area contributed by atoms with E-state index >= 15 is 0 Å². The lowest BCUT2D eigenvalue weighted by Gasteiger charge is -2.34. The molecule has 2 atom stereocenters. The van der Waals surface area contributed by atoms with Crippen LogP contribution in [0, 0.1) is 10.1 Å². The lowest BCUT2D eigenvalue weighted by Crippen LogP contribution is -2.47. The van der Waals surface area contributed by atoms with Gasteiger partial charge in [-0.25, -0.2) is 0 Å². The topological polar surface area (TPSA) is 72.7 Å². The van der Waals surface area contributed by atoms with Crippen LogP contribution < -0.4 is 0 Å². The third-order valence-corrected chi connectivity index (χ3v) is 3.25. The molecule has 1 aliphatic heterocycles. The highest BCUT2D eigenvalue weighted by molar-refractivity contribution is 5.91. The fourth-order valence-corrected chi connectivity index (χ4v) is 2.34. The summed E-state index contributed by atoms with van der Waals surface area (Å²) in [4.78, 5) is 24.0. The Labute approximate surface area is 123 Å². The number of carbonyl (C=O) groups excluding carboxylic acids is 1. The molecule has 0 bridgehead atoms. The van der Waals surface area contributed by atoms with E-state index in [0.717, 1.165) is 5.56 Å². The molecule has 1 heterocycles. The van der Waals surface area contributed by atoms with Gasteiger partial charge in [-0.2, -0.15) is 0 Å². The van der Waals surface area contributed by atoms with E-state index in [1.165, 1.54) is 18.2 Å². The first-order valence-electron chi connectivity index (χ1n) is 6.82. The predicted molar refractivity (Wildman–Crippen MR) is 78.7 cm³/mol. The third-order valence-electron chi connectivity index (χ3n) is 3.25. The molecule has 0 aliphatic carbocycles. The molecule has 6 heteroatoms. The maximum Gasteiger partial charge on any atom is 0.269 e. The molecular formula is C15H18N2O4. The van der Waals surface area contributed by atoms with Gasteiger partial charge in [0, 0.05) is 31.3 Å². The normalized spacial score (nSPS) is 22.5. The summed E-state index contributed by atoms with van der Waals surface area (Å²) in [6, 6.07) is 6.07. The zero-order valence-corrected chi connectivity index (χ0v) is 12.1. The first-order valence-corrected chi connectivity index (χ1v) is 6.82. The maximum atomic E-state index is 12.1. The van der Waals surface area contributed by atoms with Gasteiger partial charge in [0.1, 0.15) is 0 Å². The number of nitro benzene ring substituents is 1. The second kappa shape index (κ2) is 6.49. The Hall–Kier alpha value is -2.21. The molecule has 1 aliphatic rings. The molecule has 0 N–H and O–H groups in total. The Bertz CT molecular complexity index is 543. The Kier molecular flexibility index (Phi) is 4.70. The Morgan fingerprint density at radius 1 is 1.29 bits per heavy atom. The summed E-state index contributed by atoms with van der Waals surface area (Å²) in [5.74, 6) is -0.0737. The molecule has 1 amide bonds. The van der Waals surface area contributed by atoms with E-state index in [4.69, 9.17) is 4.74 Å². The smallest absolute Gasteiger partial charge is 0.269 e. The summed E-state index contributed by atoms with van der Waals surface area (Å²) in [7, 11) is 0. The lowest BCUT2D eigenvalue weighted by atomic mass is 10.2. The van der Waals surface area contributed by atoms with Crippen LogP contribution in [0.15, 0.2) is 30.3 Å². The molecule has 1 aromatic rings. The molecule has 1 saturated heterocycles.